The van der Waals surface area contributed by atoms with Crippen molar-refractivity contribution in [3.05, 3.63) is 24.3 Å². The summed E-state index contributed by atoms with van der Waals surface area (Å²) in [6, 6.07) is -0.398. The number of aromatic nitrogens is 4. The van der Waals surface area contributed by atoms with Crippen LogP contribution >= 0.6 is 0 Å². The van der Waals surface area contributed by atoms with E-state index >= 15 is 0 Å². The molecule has 1 atom stereocenters. The lowest BCUT2D eigenvalue weighted by Gasteiger charge is -2.46. The van der Waals surface area contributed by atoms with Gasteiger partial charge in [-0.15, -0.1) is 0 Å². The first-order valence-corrected chi connectivity index (χ1v) is 11.8. The fourth-order valence-electron chi connectivity index (χ4n) is 4.98. The molecule has 2 aliphatic heterocycles. The van der Waals surface area contributed by atoms with Crippen LogP contribution in [0.1, 0.15) is 25.5 Å². The Balaban J connectivity index is 1.58. The number of aryl methyl sites for hydroxylation is 1. The Labute approximate surface area is 207 Å². The van der Waals surface area contributed by atoms with Gasteiger partial charge in [0.2, 0.25) is 0 Å². The van der Waals surface area contributed by atoms with Crippen molar-refractivity contribution in [2.75, 3.05) is 51.7 Å². The molecular weight excluding hydrogens is 475 g/mol. The fraction of sp³-hybridized carbons (Fsp3) is 0.609. The number of amides is 2. The fourth-order valence-corrected chi connectivity index (χ4v) is 4.98. The van der Waals surface area contributed by atoms with Gasteiger partial charge in [0.15, 0.2) is 5.69 Å². The van der Waals surface area contributed by atoms with Gasteiger partial charge in [-0.1, -0.05) is 0 Å². The van der Waals surface area contributed by atoms with E-state index in [2.05, 4.69) is 15.1 Å². The number of alkyl halides is 3. The maximum atomic E-state index is 13.8. The van der Waals surface area contributed by atoms with Gasteiger partial charge in [-0.25, -0.2) is 14.8 Å². The molecule has 1 spiro atoms. The highest BCUT2D eigenvalue weighted by atomic mass is 19.4. The summed E-state index contributed by atoms with van der Waals surface area (Å²) in [7, 11) is 5.49. The van der Waals surface area contributed by atoms with Gasteiger partial charge >= 0.3 is 12.2 Å². The molecule has 0 aliphatic carbocycles. The molecule has 0 radical (unpaired) electrons. The van der Waals surface area contributed by atoms with Crippen LogP contribution in [0.2, 0.25) is 0 Å². The first-order chi connectivity index (χ1) is 16.9. The smallest absolute Gasteiger partial charge is 0.355 e. The van der Waals surface area contributed by atoms with Crippen LogP contribution in [0.5, 0.6) is 0 Å². The van der Waals surface area contributed by atoms with Gasteiger partial charge in [-0.3, -0.25) is 4.68 Å². The zero-order chi connectivity index (χ0) is 26.3. The van der Waals surface area contributed by atoms with Crippen LogP contribution in [0.25, 0.3) is 11.3 Å². The van der Waals surface area contributed by atoms with Crippen molar-refractivity contribution in [3.63, 3.8) is 0 Å². The van der Waals surface area contributed by atoms with Crippen molar-refractivity contribution < 1.29 is 18.0 Å². The average Bonchev–Trinajstić information content (AvgIpc) is 3.37. The molecule has 4 heterocycles. The summed E-state index contributed by atoms with van der Waals surface area (Å²) in [5.74, 6) is 0.534. The molecule has 0 saturated carbocycles. The second-order valence-corrected chi connectivity index (χ2v) is 9.75. The van der Waals surface area contributed by atoms with Crippen LogP contribution in [0.4, 0.5) is 23.8 Å². The van der Waals surface area contributed by atoms with Gasteiger partial charge in [0.25, 0.3) is 0 Å². The summed E-state index contributed by atoms with van der Waals surface area (Å²) < 4.78 is 43.0. The average molecular weight is 506 g/mol. The number of likely N-dealkylation sites (N-methyl/N-ethyl adjacent to an activating group) is 1. The molecule has 194 valence electrons. The third-order valence-corrected chi connectivity index (χ3v) is 7.01. The van der Waals surface area contributed by atoms with Crippen molar-refractivity contribution in [3.8, 4) is 17.3 Å². The summed E-state index contributed by atoms with van der Waals surface area (Å²) in [6.07, 6.45) is 1.05. The molecule has 2 fully saturated rings. The van der Waals surface area contributed by atoms with Crippen LogP contribution in [-0.4, -0.2) is 105 Å². The van der Waals surface area contributed by atoms with E-state index in [0.717, 1.165) is 11.8 Å². The van der Waals surface area contributed by atoms with Gasteiger partial charge in [-0.2, -0.15) is 23.5 Å². The Kier molecular flexibility index (Phi) is 6.83. The number of piperidine rings is 1. The first kappa shape index (κ1) is 25.7. The monoisotopic (exact) mass is 505 g/mol. The summed E-state index contributed by atoms with van der Waals surface area (Å²) in [6.45, 7) is 3.07. The second-order valence-electron chi connectivity index (χ2n) is 9.75. The minimum absolute atomic E-state index is 0.170. The van der Waals surface area contributed by atoms with E-state index in [9.17, 15) is 23.2 Å². The zero-order valence-corrected chi connectivity index (χ0v) is 20.8. The topological polar surface area (TPSA) is 97.4 Å². The number of urea groups is 1. The van der Waals surface area contributed by atoms with E-state index in [0.29, 0.717) is 56.1 Å². The lowest BCUT2D eigenvalue weighted by molar-refractivity contribution is -0.181. The van der Waals surface area contributed by atoms with Crippen LogP contribution < -0.4 is 4.90 Å². The van der Waals surface area contributed by atoms with E-state index in [-0.39, 0.29) is 12.2 Å². The second kappa shape index (κ2) is 9.57. The number of carbonyl (C=O) groups excluding carboxylic acids is 1. The van der Waals surface area contributed by atoms with Gasteiger partial charge < -0.3 is 19.6 Å². The summed E-state index contributed by atoms with van der Waals surface area (Å²) in [4.78, 5) is 28.5. The summed E-state index contributed by atoms with van der Waals surface area (Å²) in [5, 5.41) is 13.6. The van der Waals surface area contributed by atoms with Gasteiger partial charge in [0, 0.05) is 51.5 Å². The Hall–Kier alpha value is -3.40. The molecule has 4 rings (SSSR count). The Morgan fingerprint density at radius 3 is 2.50 bits per heavy atom. The lowest BCUT2D eigenvalue weighted by Crippen LogP contribution is -2.60. The van der Waals surface area contributed by atoms with Crippen molar-refractivity contribution in [2.24, 2.45) is 7.05 Å². The molecule has 0 aromatic carbocycles. The van der Waals surface area contributed by atoms with Gasteiger partial charge in [-0.05, 0) is 33.9 Å². The summed E-state index contributed by atoms with van der Waals surface area (Å²) >= 11 is 0. The van der Waals surface area contributed by atoms with Gasteiger partial charge in [0.1, 0.15) is 23.6 Å². The van der Waals surface area contributed by atoms with Crippen LogP contribution in [0.15, 0.2) is 18.6 Å². The zero-order valence-electron chi connectivity index (χ0n) is 20.8. The van der Waals surface area contributed by atoms with E-state index in [1.807, 2.05) is 30.0 Å². The Morgan fingerprint density at radius 2 is 1.94 bits per heavy atom. The Bertz CT molecular complexity index is 1150. The number of halogens is 3. The van der Waals surface area contributed by atoms with Crippen LogP contribution in [0, 0.1) is 11.3 Å². The van der Waals surface area contributed by atoms with Gasteiger partial charge in [0.05, 0.1) is 17.9 Å². The van der Waals surface area contributed by atoms with Crippen molar-refractivity contribution in [2.45, 2.75) is 37.5 Å². The molecule has 0 unspecified atom stereocenters. The maximum absolute atomic E-state index is 13.8. The molecule has 2 aromatic heterocycles. The summed E-state index contributed by atoms with van der Waals surface area (Å²) in [5.41, 5.74) is 0.311. The minimum Gasteiger partial charge on any atom is -0.355 e. The third-order valence-electron chi connectivity index (χ3n) is 7.01. The van der Waals surface area contributed by atoms with Crippen molar-refractivity contribution in [1.82, 2.24) is 34.4 Å². The van der Waals surface area contributed by atoms with E-state index in [4.69, 9.17) is 0 Å². The molecule has 0 N–H and O–H groups in total. The predicted molar refractivity (Wildman–Crippen MR) is 126 cm³/mol. The standard InChI is InChI=1S/C23H30F3N9O/c1-16(23(24,25)26)35-21(36)34(10-9-31(2)3)15-22(35)5-7-33(8-6-22)19-13-28-18(11-27)20(30-19)17-12-29-32(4)14-17/h12-14,16H,5-10,15H2,1-4H3/t16-/m1/s1. The number of hydrogen-bond donors (Lipinski definition) is 0. The van der Waals surface area contributed by atoms with Crippen LogP contribution in [-0.2, 0) is 7.05 Å². The SMILES string of the molecule is C[C@@H](N1C(=O)N(CCN(C)C)CC12CCN(c1cnc(C#N)c(-c3cnn(C)c3)n1)CC2)C(F)(F)F. The number of anilines is 1. The number of nitriles is 1. The number of carbonyl (C=O) groups is 1. The molecule has 13 heteroatoms. The number of nitrogens with zero attached hydrogens (tertiary/aromatic N) is 9. The molecule has 2 saturated heterocycles. The first-order valence-electron chi connectivity index (χ1n) is 11.8. The van der Waals surface area contributed by atoms with Crippen molar-refractivity contribution in [1.29, 1.82) is 5.26 Å². The predicted octanol–water partition coefficient (Wildman–Crippen LogP) is 2.34. The van der Waals surface area contributed by atoms with E-state index in [1.165, 1.54) is 6.20 Å². The molecule has 0 bridgehead atoms. The molecular formula is C23H30F3N9O. The molecule has 36 heavy (non-hydrogen) atoms. The molecule has 2 aliphatic rings. The van der Waals surface area contributed by atoms with E-state index in [1.54, 1.807) is 29.0 Å². The normalized spacial score (nSPS) is 18.9. The highest BCUT2D eigenvalue weighted by molar-refractivity contribution is 5.79. The minimum atomic E-state index is -4.52. The number of hydrogen-bond acceptors (Lipinski definition) is 7. The quantitative estimate of drug-likeness (QED) is 0.595. The lowest BCUT2D eigenvalue weighted by atomic mass is 9.85. The third kappa shape index (κ3) is 4.82. The number of rotatable bonds is 6. The molecule has 2 amide bonds. The van der Waals surface area contributed by atoms with Crippen molar-refractivity contribution >= 4 is 11.8 Å². The Morgan fingerprint density at radius 1 is 1.25 bits per heavy atom. The molecule has 2 aromatic rings. The van der Waals surface area contributed by atoms with E-state index < -0.39 is 23.8 Å². The largest absolute Gasteiger partial charge is 0.408 e. The van der Waals surface area contributed by atoms with Crippen LogP contribution in [0.3, 0.4) is 0 Å². The molecule has 10 nitrogen and oxygen atoms in total. The highest BCUT2D eigenvalue weighted by Crippen LogP contribution is 2.41. The maximum Gasteiger partial charge on any atom is 0.408 e. The highest BCUT2D eigenvalue weighted by Gasteiger charge is 2.57.